The fourth-order valence-corrected chi connectivity index (χ4v) is 3.00. The maximum Gasteiger partial charge on any atom is 0.266 e. The van der Waals surface area contributed by atoms with E-state index in [1.807, 2.05) is 19.1 Å². The SMILES string of the molecule is CC(C(=O)N[C@H]1C[C@@H](c2cc(C(N)=O)[nH]n2)C1)c1ccc(Cl)cc1. The molecule has 1 aliphatic rings. The van der Waals surface area contributed by atoms with Crippen LogP contribution in [0, 0.1) is 0 Å². The Morgan fingerprint density at radius 2 is 2.00 bits per heavy atom. The third kappa shape index (κ3) is 3.43. The number of halogens is 1. The van der Waals surface area contributed by atoms with Crippen molar-refractivity contribution in [1.82, 2.24) is 15.5 Å². The van der Waals surface area contributed by atoms with Crippen molar-refractivity contribution in [3.8, 4) is 0 Å². The summed E-state index contributed by atoms with van der Waals surface area (Å²) in [5.74, 6) is -0.506. The Hall–Kier alpha value is -2.34. The van der Waals surface area contributed by atoms with Gasteiger partial charge in [0, 0.05) is 17.0 Å². The number of rotatable bonds is 5. The predicted molar refractivity (Wildman–Crippen MR) is 90.9 cm³/mol. The van der Waals surface area contributed by atoms with Crippen molar-refractivity contribution in [2.45, 2.75) is 37.6 Å². The van der Waals surface area contributed by atoms with Crippen LogP contribution >= 0.6 is 11.6 Å². The highest BCUT2D eigenvalue weighted by Gasteiger charge is 2.34. The maximum atomic E-state index is 12.3. The Morgan fingerprint density at radius 1 is 1.33 bits per heavy atom. The summed E-state index contributed by atoms with van der Waals surface area (Å²) in [4.78, 5) is 23.4. The summed E-state index contributed by atoms with van der Waals surface area (Å²) in [6.07, 6.45) is 1.62. The molecule has 2 aromatic rings. The minimum atomic E-state index is -0.519. The van der Waals surface area contributed by atoms with Crippen molar-refractivity contribution in [1.29, 1.82) is 0 Å². The number of nitrogens with two attached hydrogens (primary N) is 1. The second-order valence-electron chi connectivity index (χ2n) is 6.22. The van der Waals surface area contributed by atoms with Crippen molar-refractivity contribution in [3.63, 3.8) is 0 Å². The first-order valence-electron chi connectivity index (χ1n) is 7.85. The first-order valence-corrected chi connectivity index (χ1v) is 8.22. The van der Waals surface area contributed by atoms with Crippen LogP contribution in [0.3, 0.4) is 0 Å². The van der Waals surface area contributed by atoms with Gasteiger partial charge >= 0.3 is 0 Å². The second kappa shape index (κ2) is 6.65. The molecule has 1 aromatic carbocycles. The van der Waals surface area contributed by atoms with E-state index < -0.39 is 5.91 Å². The van der Waals surface area contributed by atoms with E-state index in [0.717, 1.165) is 24.1 Å². The lowest BCUT2D eigenvalue weighted by atomic mass is 9.78. The summed E-state index contributed by atoms with van der Waals surface area (Å²) in [5.41, 5.74) is 7.27. The van der Waals surface area contributed by atoms with Gasteiger partial charge in [-0.1, -0.05) is 23.7 Å². The van der Waals surface area contributed by atoms with Crippen LogP contribution in [0.1, 0.15) is 53.3 Å². The number of aromatic amines is 1. The highest BCUT2D eigenvalue weighted by atomic mass is 35.5. The fraction of sp³-hybridized carbons (Fsp3) is 0.353. The number of nitrogens with zero attached hydrogens (tertiary/aromatic N) is 1. The van der Waals surface area contributed by atoms with Crippen molar-refractivity contribution >= 4 is 23.4 Å². The van der Waals surface area contributed by atoms with Crippen molar-refractivity contribution in [3.05, 3.63) is 52.3 Å². The lowest BCUT2D eigenvalue weighted by molar-refractivity contribution is -0.123. The molecule has 6 nitrogen and oxygen atoms in total. The van der Waals surface area contributed by atoms with Crippen molar-refractivity contribution < 1.29 is 9.59 Å². The quantitative estimate of drug-likeness (QED) is 0.774. The summed E-state index contributed by atoms with van der Waals surface area (Å²) in [5, 5.41) is 10.5. The molecule has 0 saturated heterocycles. The molecule has 1 unspecified atom stereocenters. The van der Waals surface area contributed by atoms with Gasteiger partial charge in [0.15, 0.2) is 0 Å². The Balaban J connectivity index is 1.52. The molecule has 126 valence electrons. The molecule has 3 rings (SSSR count). The van der Waals surface area contributed by atoms with Crippen LogP contribution in [0.2, 0.25) is 5.02 Å². The monoisotopic (exact) mass is 346 g/mol. The van der Waals surface area contributed by atoms with Crippen LogP contribution in [0.25, 0.3) is 0 Å². The highest BCUT2D eigenvalue weighted by Crippen LogP contribution is 2.36. The molecule has 0 aliphatic heterocycles. The average molecular weight is 347 g/mol. The first kappa shape index (κ1) is 16.5. The summed E-state index contributed by atoms with van der Waals surface area (Å²) >= 11 is 5.87. The van der Waals surface area contributed by atoms with E-state index >= 15 is 0 Å². The highest BCUT2D eigenvalue weighted by molar-refractivity contribution is 6.30. The van der Waals surface area contributed by atoms with E-state index in [0.29, 0.717) is 10.7 Å². The van der Waals surface area contributed by atoms with E-state index in [2.05, 4.69) is 15.5 Å². The molecule has 0 radical (unpaired) electrons. The standard InChI is InChI=1S/C17H19ClN4O2/c1-9(10-2-4-12(18)5-3-10)17(24)20-13-6-11(7-13)14-8-15(16(19)23)22-21-14/h2-5,8-9,11,13H,6-7H2,1H3,(H2,19,23)(H,20,24)(H,21,22)/t9?,11-,13+. The van der Waals surface area contributed by atoms with Crippen LogP contribution in [0.5, 0.6) is 0 Å². The summed E-state index contributed by atoms with van der Waals surface area (Å²) in [7, 11) is 0. The minimum Gasteiger partial charge on any atom is -0.364 e. The lowest BCUT2D eigenvalue weighted by Crippen LogP contribution is -2.44. The van der Waals surface area contributed by atoms with Crippen LogP contribution in [-0.4, -0.2) is 28.1 Å². The van der Waals surface area contributed by atoms with Crippen LogP contribution in [0.15, 0.2) is 30.3 Å². The van der Waals surface area contributed by atoms with E-state index in [1.54, 1.807) is 18.2 Å². The van der Waals surface area contributed by atoms with E-state index in [4.69, 9.17) is 17.3 Å². The molecule has 24 heavy (non-hydrogen) atoms. The molecule has 1 aromatic heterocycles. The summed E-state index contributed by atoms with van der Waals surface area (Å²) in [6.45, 7) is 1.88. The van der Waals surface area contributed by atoms with Crippen molar-refractivity contribution in [2.75, 3.05) is 0 Å². The molecule has 7 heteroatoms. The van der Waals surface area contributed by atoms with Gasteiger partial charge in [-0.2, -0.15) is 5.10 Å². The van der Waals surface area contributed by atoms with Gasteiger partial charge in [-0.15, -0.1) is 0 Å². The second-order valence-corrected chi connectivity index (χ2v) is 6.65. The fourth-order valence-electron chi connectivity index (χ4n) is 2.88. The minimum absolute atomic E-state index is 0.000579. The Bertz CT molecular complexity index is 750. The molecular weight excluding hydrogens is 328 g/mol. The molecule has 1 atom stereocenters. The van der Waals surface area contributed by atoms with E-state index in [1.165, 1.54) is 0 Å². The van der Waals surface area contributed by atoms with E-state index in [9.17, 15) is 9.59 Å². The third-order valence-electron chi connectivity index (χ3n) is 4.53. The molecule has 2 amide bonds. The van der Waals surface area contributed by atoms with Gasteiger partial charge in [0.25, 0.3) is 5.91 Å². The van der Waals surface area contributed by atoms with Gasteiger partial charge in [-0.05, 0) is 43.5 Å². The van der Waals surface area contributed by atoms with Crippen LogP contribution < -0.4 is 11.1 Å². The average Bonchev–Trinajstić information content (AvgIpc) is 3.00. The molecule has 1 fully saturated rings. The molecule has 1 heterocycles. The number of benzene rings is 1. The molecule has 1 aliphatic carbocycles. The summed E-state index contributed by atoms with van der Waals surface area (Å²) in [6, 6.07) is 9.12. The normalized spacial score (nSPS) is 20.9. The lowest BCUT2D eigenvalue weighted by Gasteiger charge is -2.35. The number of hydrogen-bond donors (Lipinski definition) is 3. The van der Waals surface area contributed by atoms with Gasteiger partial charge in [-0.25, -0.2) is 0 Å². The molecular formula is C17H19ClN4O2. The number of carbonyl (C=O) groups excluding carboxylic acids is 2. The van der Waals surface area contributed by atoms with Crippen LogP contribution in [-0.2, 0) is 4.79 Å². The zero-order valence-corrected chi connectivity index (χ0v) is 14.0. The van der Waals surface area contributed by atoms with Gasteiger partial charge in [0.2, 0.25) is 5.91 Å². The van der Waals surface area contributed by atoms with Gasteiger partial charge in [0.05, 0.1) is 11.6 Å². The number of aromatic nitrogens is 2. The van der Waals surface area contributed by atoms with E-state index in [-0.39, 0.29) is 23.8 Å². The largest absolute Gasteiger partial charge is 0.364 e. The topological polar surface area (TPSA) is 101 Å². The first-order chi connectivity index (χ1) is 11.4. The van der Waals surface area contributed by atoms with Crippen LogP contribution in [0.4, 0.5) is 0 Å². The Labute approximate surface area is 144 Å². The Kier molecular flexibility index (Phi) is 4.57. The Morgan fingerprint density at radius 3 is 2.58 bits per heavy atom. The number of nitrogens with one attached hydrogen (secondary N) is 2. The maximum absolute atomic E-state index is 12.3. The van der Waals surface area contributed by atoms with Gasteiger partial charge in [0.1, 0.15) is 5.69 Å². The van der Waals surface area contributed by atoms with Gasteiger partial charge in [-0.3, -0.25) is 14.7 Å². The summed E-state index contributed by atoms with van der Waals surface area (Å²) < 4.78 is 0. The molecule has 1 saturated carbocycles. The number of carbonyl (C=O) groups is 2. The zero-order chi connectivity index (χ0) is 17.3. The van der Waals surface area contributed by atoms with Gasteiger partial charge < -0.3 is 11.1 Å². The smallest absolute Gasteiger partial charge is 0.266 e. The number of amides is 2. The third-order valence-corrected chi connectivity index (χ3v) is 4.78. The molecule has 4 N–H and O–H groups in total. The zero-order valence-electron chi connectivity index (χ0n) is 13.3. The number of hydrogen-bond acceptors (Lipinski definition) is 3. The number of primary amides is 1. The predicted octanol–water partition coefficient (Wildman–Crippen LogP) is 2.33. The molecule has 0 bridgehead atoms. The number of H-pyrrole nitrogens is 1. The van der Waals surface area contributed by atoms with Crippen molar-refractivity contribution in [2.24, 2.45) is 5.73 Å². The molecule has 0 spiro atoms.